The quantitative estimate of drug-likeness (QED) is 0.612. The molecular formula is C26H26FN5O2. The zero-order valence-electron chi connectivity index (χ0n) is 19.0. The number of amides is 1. The Morgan fingerprint density at radius 2 is 1.94 bits per heavy atom. The number of rotatable bonds is 6. The average molecular weight is 460 g/mol. The maximum Gasteiger partial charge on any atom is 0.226 e. The molecule has 5 rings (SSSR count). The molecule has 1 fully saturated rings. The van der Waals surface area contributed by atoms with Crippen LogP contribution < -0.4 is 10.2 Å². The van der Waals surface area contributed by atoms with Crippen LogP contribution in [0.15, 0.2) is 59.9 Å². The summed E-state index contributed by atoms with van der Waals surface area (Å²) in [5.41, 5.74) is 5.51. The van der Waals surface area contributed by atoms with Crippen molar-refractivity contribution in [1.29, 1.82) is 0 Å². The van der Waals surface area contributed by atoms with Crippen molar-refractivity contribution in [3.8, 4) is 0 Å². The lowest BCUT2D eigenvalue weighted by atomic mass is 10.0. The van der Waals surface area contributed by atoms with Crippen molar-refractivity contribution in [2.45, 2.75) is 25.9 Å². The van der Waals surface area contributed by atoms with Crippen molar-refractivity contribution in [3.05, 3.63) is 88.6 Å². The van der Waals surface area contributed by atoms with Crippen LogP contribution in [0.25, 0.3) is 0 Å². The minimum absolute atomic E-state index is 0.132. The minimum atomic E-state index is -0.296. The van der Waals surface area contributed by atoms with Gasteiger partial charge >= 0.3 is 0 Å². The van der Waals surface area contributed by atoms with Crippen molar-refractivity contribution in [2.24, 2.45) is 4.99 Å². The van der Waals surface area contributed by atoms with Gasteiger partial charge in [-0.3, -0.25) is 14.8 Å². The van der Waals surface area contributed by atoms with E-state index in [9.17, 15) is 9.18 Å². The number of morpholine rings is 1. The molecule has 1 N–H and O–H groups in total. The highest BCUT2D eigenvalue weighted by atomic mass is 19.1. The summed E-state index contributed by atoms with van der Waals surface area (Å²) in [6.07, 6.45) is 3.79. The van der Waals surface area contributed by atoms with Crippen LogP contribution in [0.1, 0.15) is 40.9 Å². The standard InChI is InChI=1S/C26H26FN5O2/c1-17(18-2-4-21(27)5-3-18)31-25(33)14-22-12-20-15-30-26(23(20)16-29-22)19-6-7-28-24(13-19)32-8-10-34-11-9-32/h2-7,12-13,16-17H,8-11,14-15H2,1H3,(H,31,33)/t17-/m1/s1. The number of fused-ring (bicyclic) bond motifs is 1. The Morgan fingerprint density at radius 1 is 1.15 bits per heavy atom. The Labute approximate surface area is 197 Å². The second kappa shape index (κ2) is 9.69. The summed E-state index contributed by atoms with van der Waals surface area (Å²) in [4.78, 5) is 28.6. The van der Waals surface area contributed by atoms with E-state index in [1.54, 1.807) is 12.1 Å². The van der Waals surface area contributed by atoms with Crippen LogP contribution in [0.2, 0.25) is 0 Å². The van der Waals surface area contributed by atoms with Gasteiger partial charge in [0.05, 0.1) is 43.6 Å². The first-order valence-electron chi connectivity index (χ1n) is 11.4. The third-order valence-electron chi connectivity index (χ3n) is 6.15. The lowest BCUT2D eigenvalue weighted by Crippen LogP contribution is -2.36. The Bertz CT molecular complexity index is 1220. The number of aliphatic imine (C=N–C) groups is 1. The number of aromatic nitrogens is 2. The van der Waals surface area contributed by atoms with E-state index in [0.29, 0.717) is 25.5 Å². The summed E-state index contributed by atoms with van der Waals surface area (Å²) in [7, 11) is 0. The molecule has 34 heavy (non-hydrogen) atoms. The van der Waals surface area contributed by atoms with Crippen LogP contribution in [0.4, 0.5) is 10.2 Å². The molecule has 1 saturated heterocycles. The van der Waals surface area contributed by atoms with E-state index in [-0.39, 0.29) is 24.2 Å². The number of halogens is 1. The second-order valence-corrected chi connectivity index (χ2v) is 8.52. The molecule has 3 aromatic rings. The normalized spacial score (nSPS) is 16.1. The van der Waals surface area contributed by atoms with Gasteiger partial charge in [0, 0.05) is 36.6 Å². The fourth-order valence-electron chi connectivity index (χ4n) is 4.31. The average Bonchev–Trinajstić information content (AvgIpc) is 3.28. The number of nitrogens with one attached hydrogen (secondary N) is 1. The van der Waals surface area contributed by atoms with Gasteiger partial charge in [0.1, 0.15) is 11.6 Å². The van der Waals surface area contributed by atoms with Gasteiger partial charge in [0.25, 0.3) is 0 Å². The number of hydrogen-bond donors (Lipinski definition) is 1. The zero-order chi connectivity index (χ0) is 23.5. The van der Waals surface area contributed by atoms with E-state index in [1.165, 1.54) is 12.1 Å². The Balaban J connectivity index is 1.26. The van der Waals surface area contributed by atoms with Crippen molar-refractivity contribution >= 4 is 17.4 Å². The van der Waals surface area contributed by atoms with Gasteiger partial charge in [-0.15, -0.1) is 0 Å². The molecule has 4 heterocycles. The minimum Gasteiger partial charge on any atom is -0.378 e. The fraction of sp³-hybridized carbons (Fsp3) is 0.308. The van der Waals surface area contributed by atoms with Crippen molar-refractivity contribution in [3.63, 3.8) is 0 Å². The molecule has 2 aromatic heterocycles. The largest absolute Gasteiger partial charge is 0.378 e. The molecule has 7 nitrogen and oxygen atoms in total. The molecular weight excluding hydrogens is 433 g/mol. The van der Waals surface area contributed by atoms with E-state index in [4.69, 9.17) is 9.73 Å². The van der Waals surface area contributed by atoms with E-state index in [1.807, 2.05) is 31.5 Å². The molecule has 1 aromatic carbocycles. The summed E-state index contributed by atoms with van der Waals surface area (Å²) in [6.45, 7) is 5.50. The van der Waals surface area contributed by atoms with Gasteiger partial charge in [-0.2, -0.15) is 0 Å². The van der Waals surface area contributed by atoms with Gasteiger partial charge in [-0.25, -0.2) is 9.37 Å². The third-order valence-corrected chi connectivity index (χ3v) is 6.15. The summed E-state index contributed by atoms with van der Waals surface area (Å²) < 4.78 is 18.6. The molecule has 174 valence electrons. The molecule has 0 aliphatic carbocycles. The summed E-state index contributed by atoms with van der Waals surface area (Å²) in [5, 5.41) is 2.95. The van der Waals surface area contributed by atoms with Gasteiger partial charge < -0.3 is 15.0 Å². The van der Waals surface area contributed by atoms with E-state index < -0.39 is 0 Å². The molecule has 0 saturated carbocycles. The predicted octanol–water partition coefficient (Wildman–Crippen LogP) is 3.22. The molecule has 8 heteroatoms. The van der Waals surface area contributed by atoms with Gasteiger partial charge in [-0.1, -0.05) is 12.1 Å². The maximum atomic E-state index is 13.1. The Hall–Kier alpha value is -3.65. The smallest absolute Gasteiger partial charge is 0.226 e. The highest BCUT2D eigenvalue weighted by Gasteiger charge is 2.21. The number of ether oxygens (including phenoxy) is 1. The van der Waals surface area contributed by atoms with Crippen LogP contribution in [0.5, 0.6) is 0 Å². The van der Waals surface area contributed by atoms with Crippen LogP contribution in [-0.2, 0) is 22.5 Å². The van der Waals surface area contributed by atoms with E-state index >= 15 is 0 Å². The number of carbonyl (C=O) groups is 1. The molecule has 1 amide bonds. The summed E-state index contributed by atoms with van der Waals surface area (Å²) >= 11 is 0. The number of hydrogen-bond acceptors (Lipinski definition) is 6. The number of carbonyl (C=O) groups excluding carboxylic acids is 1. The maximum absolute atomic E-state index is 13.1. The van der Waals surface area contributed by atoms with Gasteiger partial charge in [-0.05, 0) is 48.4 Å². The van der Waals surface area contributed by atoms with Gasteiger partial charge in [0.2, 0.25) is 5.91 Å². The molecule has 0 unspecified atom stereocenters. The number of benzene rings is 1. The monoisotopic (exact) mass is 459 g/mol. The van der Waals surface area contributed by atoms with Crippen LogP contribution in [0.3, 0.4) is 0 Å². The van der Waals surface area contributed by atoms with Crippen molar-refractivity contribution in [1.82, 2.24) is 15.3 Å². The molecule has 0 radical (unpaired) electrons. The fourth-order valence-corrected chi connectivity index (χ4v) is 4.31. The second-order valence-electron chi connectivity index (χ2n) is 8.52. The SMILES string of the molecule is C[C@@H](NC(=O)Cc1cc2c(cn1)C(c1ccnc(N3CCOCC3)c1)=NC2)c1ccc(F)cc1. The molecule has 2 aliphatic heterocycles. The molecule has 0 spiro atoms. The summed E-state index contributed by atoms with van der Waals surface area (Å²) in [5.74, 6) is 0.497. The first kappa shape index (κ1) is 22.2. The topological polar surface area (TPSA) is 79.7 Å². The number of anilines is 1. The van der Waals surface area contributed by atoms with Gasteiger partial charge in [0.15, 0.2) is 0 Å². The van der Waals surface area contributed by atoms with Crippen LogP contribution in [-0.4, -0.2) is 47.9 Å². The third kappa shape index (κ3) is 4.82. The zero-order valence-corrected chi connectivity index (χ0v) is 19.0. The highest BCUT2D eigenvalue weighted by Crippen LogP contribution is 2.25. The lowest BCUT2D eigenvalue weighted by molar-refractivity contribution is -0.121. The Kier molecular flexibility index (Phi) is 6.31. The predicted molar refractivity (Wildman–Crippen MR) is 128 cm³/mol. The number of nitrogens with zero attached hydrogens (tertiary/aromatic N) is 4. The molecule has 1 atom stereocenters. The summed E-state index contributed by atoms with van der Waals surface area (Å²) in [6, 6.07) is 11.9. The van der Waals surface area contributed by atoms with Crippen molar-refractivity contribution < 1.29 is 13.9 Å². The first-order valence-corrected chi connectivity index (χ1v) is 11.4. The van der Waals surface area contributed by atoms with E-state index in [2.05, 4.69) is 26.3 Å². The number of pyridine rings is 2. The first-order chi connectivity index (χ1) is 16.6. The molecule has 0 bridgehead atoms. The lowest BCUT2D eigenvalue weighted by Gasteiger charge is -2.28. The highest BCUT2D eigenvalue weighted by molar-refractivity contribution is 6.15. The van der Waals surface area contributed by atoms with E-state index in [0.717, 1.165) is 46.9 Å². The molecule has 2 aliphatic rings. The van der Waals surface area contributed by atoms with Crippen LogP contribution in [0, 0.1) is 5.82 Å². The van der Waals surface area contributed by atoms with Crippen LogP contribution >= 0.6 is 0 Å². The van der Waals surface area contributed by atoms with Crippen molar-refractivity contribution in [2.75, 3.05) is 31.2 Å². The Morgan fingerprint density at radius 3 is 2.74 bits per heavy atom.